The molecule has 0 aliphatic rings. The van der Waals surface area contributed by atoms with Crippen molar-refractivity contribution in [1.29, 1.82) is 0 Å². The van der Waals surface area contributed by atoms with Crippen molar-refractivity contribution in [3.05, 3.63) is 23.8 Å². The Morgan fingerprint density at radius 3 is 2.57 bits per heavy atom. The summed E-state index contributed by atoms with van der Waals surface area (Å²) in [5, 5.41) is 16.4. The summed E-state index contributed by atoms with van der Waals surface area (Å²) >= 11 is 0. The molecule has 0 bridgehead atoms. The highest BCUT2D eigenvalue weighted by atomic mass is 16.3. The molecule has 2 unspecified atom stereocenters. The highest BCUT2D eigenvalue weighted by Crippen LogP contribution is 2.28. The number of aromatic hydroxyl groups is 1. The molecular formula is C17H28N2O2. The first kappa shape index (κ1) is 17.5. The van der Waals surface area contributed by atoms with Crippen molar-refractivity contribution >= 4 is 11.6 Å². The minimum absolute atomic E-state index is 0.00843. The summed E-state index contributed by atoms with van der Waals surface area (Å²) in [6, 6.07) is 5.64. The lowest BCUT2D eigenvalue weighted by Gasteiger charge is -2.21. The second-order valence-electron chi connectivity index (χ2n) is 5.65. The van der Waals surface area contributed by atoms with E-state index in [1.54, 1.807) is 12.1 Å². The second kappa shape index (κ2) is 8.67. The van der Waals surface area contributed by atoms with E-state index in [0.717, 1.165) is 30.5 Å². The van der Waals surface area contributed by atoms with E-state index in [0.29, 0.717) is 12.5 Å². The highest BCUT2D eigenvalue weighted by Gasteiger charge is 2.14. The summed E-state index contributed by atoms with van der Waals surface area (Å²) in [6.45, 7) is 8.30. The largest absolute Gasteiger partial charge is 0.508 e. The van der Waals surface area contributed by atoms with Crippen LogP contribution in [0.25, 0.3) is 0 Å². The lowest BCUT2D eigenvalue weighted by Crippen LogP contribution is -2.28. The zero-order valence-corrected chi connectivity index (χ0v) is 13.6. The van der Waals surface area contributed by atoms with Gasteiger partial charge in [0.05, 0.1) is 0 Å². The predicted molar refractivity (Wildman–Crippen MR) is 87.6 cm³/mol. The molecule has 118 valence electrons. The van der Waals surface area contributed by atoms with Crippen LogP contribution in [0.4, 0.5) is 5.69 Å². The van der Waals surface area contributed by atoms with Gasteiger partial charge < -0.3 is 15.7 Å². The maximum absolute atomic E-state index is 11.7. The van der Waals surface area contributed by atoms with E-state index >= 15 is 0 Å². The van der Waals surface area contributed by atoms with Gasteiger partial charge in [0.25, 0.3) is 0 Å². The van der Waals surface area contributed by atoms with Gasteiger partial charge in [-0.1, -0.05) is 20.3 Å². The number of amides is 1. The van der Waals surface area contributed by atoms with Crippen molar-refractivity contribution < 1.29 is 9.90 Å². The van der Waals surface area contributed by atoms with Gasteiger partial charge in [0.15, 0.2) is 0 Å². The minimum Gasteiger partial charge on any atom is -0.508 e. The van der Waals surface area contributed by atoms with Crippen LogP contribution in [0.3, 0.4) is 0 Å². The van der Waals surface area contributed by atoms with Crippen molar-refractivity contribution in [3.8, 4) is 5.75 Å². The Kier molecular flexibility index (Phi) is 7.23. The average Bonchev–Trinajstić information content (AvgIpc) is 2.41. The molecule has 21 heavy (non-hydrogen) atoms. The summed E-state index contributed by atoms with van der Waals surface area (Å²) in [7, 11) is 0. The zero-order valence-electron chi connectivity index (χ0n) is 13.6. The molecule has 1 rings (SSSR count). The van der Waals surface area contributed by atoms with Crippen LogP contribution in [0.15, 0.2) is 18.2 Å². The molecule has 0 radical (unpaired) electrons. The topological polar surface area (TPSA) is 61.4 Å². The molecule has 0 saturated carbocycles. The fourth-order valence-electron chi connectivity index (χ4n) is 2.46. The van der Waals surface area contributed by atoms with E-state index in [9.17, 15) is 9.90 Å². The van der Waals surface area contributed by atoms with E-state index < -0.39 is 0 Å². The van der Waals surface area contributed by atoms with Crippen molar-refractivity contribution in [2.45, 2.75) is 65.5 Å². The Morgan fingerprint density at radius 1 is 1.24 bits per heavy atom. The maximum atomic E-state index is 11.7. The molecule has 2 atom stereocenters. The number of anilines is 1. The molecule has 4 nitrogen and oxygen atoms in total. The number of rotatable bonds is 8. The molecule has 0 aliphatic carbocycles. The first-order valence-electron chi connectivity index (χ1n) is 7.86. The van der Waals surface area contributed by atoms with Gasteiger partial charge in [-0.15, -0.1) is 0 Å². The molecule has 3 N–H and O–H groups in total. The Labute approximate surface area is 128 Å². The quantitative estimate of drug-likeness (QED) is 0.635. The molecule has 1 amide bonds. The van der Waals surface area contributed by atoms with Crippen molar-refractivity contribution in [1.82, 2.24) is 5.32 Å². The predicted octanol–water partition coefficient (Wildman–Crippen LogP) is 3.97. The molecule has 4 heteroatoms. The summed E-state index contributed by atoms with van der Waals surface area (Å²) in [5.41, 5.74) is 1.55. The highest BCUT2D eigenvalue weighted by molar-refractivity contribution is 5.90. The van der Waals surface area contributed by atoms with E-state index in [1.807, 2.05) is 19.9 Å². The van der Waals surface area contributed by atoms with Crippen LogP contribution in [0, 0.1) is 0 Å². The average molecular weight is 292 g/mol. The van der Waals surface area contributed by atoms with Gasteiger partial charge in [-0.25, -0.2) is 0 Å². The molecule has 0 aliphatic heterocycles. The van der Waals surface area contributed by atoms with E-state index in [4.69, 9.17) is 0 Å². The second-order valence-corrected chi connectivity index (χ2v) is 5.65. The third kappa shape index (κ3) is 5.76. The van der Waals surface area contributed by atoms with E-state index in [-0.39, 0.29) is 17.7 Å². The van der Waals surface area contributed by atoms with Crippen molar-refractivity contribution in [3.63, 3.8) is 0 Å². The molecule has 1 aromatic carbocycles. The first-order chi connectivity index (χ1) is 9.97. The van der Waals surface area contributed by atoms with Gasteiger partial charge in [0, 0.05) is 29.8 Å². The third-order valence-corrected chi connectivity index (χ3v) is 3.51. The summed E-state index contributed by atoms with van der Waals surface area (Å²) < 4.78 is 0. The van der Waals surface area contributed by atoms with Crippen LogP contribution in [-0.2, 0) is 4.79 Å². The van der Waals surface area contributed by atoms with Crippen molar-refractivity contribution in [2.24, 2.45) is 0 Å². The Bertz CT molecular complexity index is 460. The van der Waals surface area contributed by atoms with Crippen LogP contribution in [-0.4, -0.2) is 17.1 Å². The monoisotopic (exact) mass is 292 g/mol. The van der Waals surface area contributed by atoms with E-state index in [2.05, 4.69) is 24.5 Å². The maximum Gasteiger partial charge on any atom is 0.224 e. The number of hydrogen-bond acceptors (Lipinski definition) is 3. The number of phenolic OH excluding ortho intramolecular Hbond substituents is 1. The summed E-state index contributed by atoms with van der Waals surface area (Å²) in [5.74, 6) is 0.265. The normalized spacial score (nSPS) is 13.7. The van der Waals surface area contributed by atoms with Gasteiger partial charge in [0.1, 0.15) is 5.75 Å². The fourth-order valence-corrected chi connectivity index (χ4v) is 2.46. The number of benzene rings is 1. The lowest BCUT2D eigenvalue weighted by molar-refractivity contribution is -0.116. The van der Waals surface area contributed by atoms with Crippen LogP contribution < -0.4 is 10.6 Å². The Balaban J connectivity index is 2.79. The lowest BCUT2D eigenvalue weighted by atomic mass is 10.0. The first-order valence-corrected chi connectivity index (χ1v) is 7.86. The molecule has 0 spiro atoms. The fraction of sp³-hybridized carbons (Fsp3) is 0.588. The Hall–Kier alpha value is -1.55. The van der Waals surface area contributed by atoms with Gasteiger partial charge in [-0.3, -0.25) is 4.79 Å². The van der Waals surface area contributed by atoms with E-state index in [1.165, 1.54) is 0 Å². The van der Waals surface area contributed by atoms with Crippen LogP contribution in [0.2, 0.25) is 0 Å². The molecule has 0 aromatic heterocycles. The number of nitrogens with one attached hydrogen (secondary N) is 2. The summed E-state index contributed by atoms with van der Waals surface area (Å²) in [4.78, 5) is 11.7. The molecule has 0 fully saturated rings. The van der Waals surface area contributed by atoms with Gasteiger partial charge in [0.2, 0.25) is 5.91 Å². The van der Waals surface area contributed by atoms with Crippen LogP contribution in [0.1, 0.15) is 65.0 Å². The zero-order chi connectivity index (χ0) is 15.8. The van der Waals surface area contributed by atoms with Gasteiger partial charge in [-0.2, -0.15) is 0 Å². The molecular weight excluding hydrogens is 264 g/mol. The molecule has 0 heterocycles. The molecule has 1 aromatic rings. The number of hydrogen-bond donors (Lipinski definition) is 3. The third-order valence-electron chi connectivity index (χ3n) is 3.51. The van der Waals surface area contributed by atoms with Crippen LogP contribution in [0.5, 0.6) is 5.75 Å². The Morgan fingerprint density at radius 2 is 1.95 bits per heavy atom. The number of carbonyl (C=O) groups is 1. The SMILES string of the molecule is CCCC(=O)Nc1ccc(O)c(C(C)NC(C)CCC)c1. The smallest absolute Gasteiger partial charge is 0.224 e. The van der Waals surface area contributed by atoms with Crippen molar-refractivity contribution in [2.75, 3.05) is 5.32 Å². The standard InChI is InChI=1S/C17H28N2O2/c1-5-7-12(3)18-13(4)15-11-14(9-10-16(15)20)19-17(21)8-6-2/h9-13,18,20H,5-8H2,1-4H3,(H,19,21). The molecule has 0 saturated heterocycles. The van der Waals surface area contributed by atoms with Crippen LogP contribution >= 0.6 is 0 Å². The minimum atomic E-state index is 0.00843. The van der Waals surface area contributed by atoms with Gasteiger partial charge in [-0.05, 0) is 44.9 Å². The number of carbonyl (C=O) groups excluding carboxylic acids is 1. The summed E-state index contributed by atoms with van der Waals surface area (Å²) in [6.07, 6.45) is 3.55. The van der Waals surface area contributed by atoms with Gasteiger partial charge >= 0.3 is 0 Å². The number of phenols is 1.